The fraction of sp³-hybridized carbons (Fsp3) is 0.269. The van der Waals surface area contributed by atoms with Crippen molar-refractivity contribution in [3.8, 4) is 16.9 Å². The summed E-state index contributed by atoms with van der Waals surface area (Å²) in [4.78, 5) is 24.3. The van der Waals surface area contributed by atoms with E-state index in [2.05, 4.69) is 10.1 Å². The average molecular weight is 535 g/mol. The van der Waals surface area contributed by atoms with Crippen molar-refractivity contribution in [1.29, 1.82) is 0 Å². The van der Waals surface area contributed by atoms with Crippen LogP contribution in [0.4, 0.5) is 18.9 Å². The standard InChI is InChI=1S/C26H22ClF3N2O5/c1-13-10-16(13)11-18(24(33)31-17-5-2-14(3-6-17)25(34)35)20-8-4-15(12-32(20)36)22-21(37-26(29)30)9-7-19(27)23(22)28/h2-9,12-13,16,18,26H,10-11H2,1H3,(H,31,33)(H,34,35). The highest BCUT2D eigenvalue weighted by Gasteiger charge is 2.40. The molecule has 3 unspecified atom stereocenters. The van der Waals surface area contributed by atoms with Gasteiger partial charge in [0.25, 0.3) is 0 Å². The predicted molar refractivity (Wildman–Crippen MR) is 129 cm³/mol. The van der Waals surface area contributed by atoms with Gasteiger partial charge in [-0.2, -0.15) is 13.5 Å². The minimum absolute atomic E-state index is 0.0535. The molecule has 194 valence electrons. The first-order valence-corrected chi connectivity index (χ1v) is 11.7. The van der Waals surface area contributed by atoms with Crippen molar-refractivity contribution in [2.75, 3.05) is 5.32 Å². The molecule has 1 fully saturated rings. The molecular formula is C26H22ClF3N2O5. The number of carbonyl (C=O) groups excluding carboxylic acids is 1. The molecule has 0 spiro atoms. The van der Waals surface area contributed by atoms with Crippen LogP contribution < -0.4 is 14.8 Å². The molecule has 1 amide bonds. The smallest absolute Gasteiger partial charge is 0.387 e. The van der Waals surface area contributed by atoms with Crippen molar-refractivity contribution in [2.24, 2.45) is 11.8 Å². The highest BCUT2D eigenvalue weighted by molar-refractivity contribution is 6.31. The summed E-state index contributed by atoms with van der Waals surface area (Å²) in [5.41, 5.74) is 0.0312. The van der Waals surface area contributed by atoms with Crippen molar-refractivity contribution >= 4 is 29.2 Å². The summed E-state index contributed by atoms with van der Waals surface area (Å²) in [6.07, 6.45) is 2.27. The highest BCUT2D eigenvalue weighted by Crippen LogP contribution is 2.45. The zero-order valence-corrected chi connectivity index (χ0v) is 20.2. The summed E-state index contributed by atoms with van der Waals surface area (Å²) in [6.45, 7) is -1.19. The summed E-state index contributed by atoms with van der Waals surface area (Å²) >= 11 is 5.83. The zero-order chi connectivity index (χ0) is 26.9. The van der Waals surface area contributed by atoms with Gasteiger partial charge in [-0.15, -0.1) is 0 Å². The number of alkyl halides is 2. The Morgan fingerprint density at radius 1 is 1.19 bits per heavy atom. The number of nitrogens with one attached hydrogen (secondary N) is 1. The Balaban J connectivity index is 1.66. The van der Waals surface area contributed by atoms with Gasteiger partial charge in [0, 0.05) is 11.8 Å². The Morgan fingerprint density at radius 2 is 1.86 bits per heavy atom. The molecule has 0 bridgehead atoms. The molecule has 4 rings (SSSR count). The largest absolute Gasteiger partial charge is 0.618 e. The van der Waals surface area contributed by atoms with Crippen LogP contribution in [0, 0.1) is 22.9 Å². The summed E-state index contributed by atoms with van der Waals surface area (Å²) in [5, 5.41) is 24.5. The van der Waals surface area contributed by atoms with E-state index < -0.39 is 41.5 Å². The van der Waals surface area contributed by atoms with Crippen molar-refractivity contribution in [3.05, 3.63) is 82.0 Å². The fourth-order valence-electron chi connectivity index (χ4n) is 4.22. The van der Waals surface area contributed by atoms with Gasteiger partial charge in [0.2, 0.25) is 11.6 Å². The number of amides is 1. The Kier molecular flexibility index (Phi) is 7.58. The van der Waals surface area contributed by atoms with E-state index in [-0.39, 0.29) is 27.8 Å². The van der Waals surface area contributed by atoms with Gasteiger partial charge in [0.1, 0.15) is 11.7 Å². The number of benzene rings is 2. The number of anilines is 1. The topological polar surface area (TPSA) is 103 Å². The molecule has 0 aliphatic heterocycles. The van der Waals surface area contributed by atoms with Crippen LogP contribution in [0.2, 0.25) is 5.02 Å². The number of aromatic carboxylic acids is 1. The molecule has 3 atom stereocenters. The molecule has 1 aromatic heterocycles. The van der Waals surface area contributed by atoms with Gasteiger partial charge in [-0.05, 0) is 67.1 Å². The number of nitrogens with zero attached hydrogens (tertiary/aromatic N) is 1. The number of halogens is 4. The number of rotatable bonds is 9. The van der Waals surface area contributed by atoms with Crippen LogP contribution >= 0.6 is 11.6 Å². The molecule has 37 heavy (non-hydrogen) atoms. The number of hydrogen-bond donors (Lipinski definition) is 2. The lowest BCUT2D eigenvalue weighted by Crippen LogP contribution is -2.37. The fourth-order valence-corrected chi connectivity index (χ4v) is 4.38. The molecule has 0 radical (unpaired) electrons. The number of hydrogen-bond acceptors (Lipinski definition) is 4. The van der Waals surface area contributed by atoms with Gasteiger partial charge < -0.3 is 20.4 Å². The maximum Gasteiger partial charge on any atom is 0.387 e. The van der Waals surface area contributed by atoms with Crippen LogP contribution in [0.3, 0.4) is 0 Å². The molecule has 11 heteroatoms. The maximum absolute atomic E-state index is 14.8. The molecule has 0 saturated heterocycles. The van der Waals surface area contributed by atoms with Crippen LogP contribution in [0.1, 0.15) is 41.7 Å². The minimum Gasteiger partial charge on any atom is -0.618 e. The average Bonchev–Trinajstić information content (AvgIpc) is 3.54. The van der Waals surface area contributed by atoms with Crippen LogP contribution in [-0.4, -0.2) is 23.6 Å². The summed E-state index contributed by atoms with van der Waals surface area (Å²) < 4.78 is 45.3. The lowest BCUT2D eigenvalue weighted by atomic mass is 9.94. The SMILES string of the molecule is CC1CC1CC(C(=O)Nc1ccc(C(=O)O)cc1)c1ccc(-c2c(OC(F)F)ccc(Cl)c2F)c[n+]1[O-]. The number of carboxylic acid groups (broad SMARTS) is 1. The van der Waals surface area contributed by atoms with E-state index in [1.54, 1.807) is 0 Å². The third kappa shape index (κ3) is 5.96. The Morgan fingerprint density at radius 3 is 2.43 bits per heavy atom. The Labute approximate surface area is 215 Å². The Bertz CT molecular complexity index is 1340. The quantitative estimate of drug-likeness (QED) is 0.265. The van der Waals surface area contributed by atoms with Gasteiger partial charge >= 0.3 is 12.6 Å². The summed E-state index contributed by atoms with van der Waals surface area (Å²) in [6, 6.07) is 10.4. The van der Waals surface area contributed by atoms with Gasteiger partial charge in [-0.3, -0.25) is 4.79 Å². The van der Waals surface area contributed by atoms with Gasteiger partial charge in [0.15, 0.2) is 12.0 Å². The van der Waals surface area contributed by atoms with E-state index in [4.69, 9.17) is 16.7 Å². The molecule has 3 aromatic rings. The van der Waals surface area contributed by atoms with Gasteiger partial charge in [-0.1, -0.05) is 18.5 Å². The van der Waals surface area contributed by atoms with Gasteiger partial charge in [-0.25, -0.2) is 9.18 Å². The molecule has 1 saturated carbocycles. The molecule has 1 heterocycles. The molecule has 7 nitrogen and oxygen atoms in total. The lowest BCUT2D eigenvalue weighted by molar-refractivity contribution is -0.614. The third-order valence-corrected chi connectivity index (χ3v) is 6.69. The second kappa shape index (κ2) is 10.7. The Hall–Kier alpha value is -3.79. The molecule has 2 aromatic carbocycles. The van der Waals surface area contributed by atoms with E-state index in [9.17, 15) is 28.0 Å². The second-order valence-electron chi connectivity index (χ2n) is 8.91. The van der Waals surface area contributed by atoms with Crippen LogP contribution in [0.15, 0.2) is 54.7 Å². The first-order valence-electron chi connectivity index (χ1n) is 11.4. The lowest BCUT2D eigenvalue weighted by Gasteiger charge is -2.18. The monoisotopic (exact) mass is 534 g/mol. The normalized spacial score (nSPS) is 17.4. The van der Waals surface area contributed by atoms with Gasteiger partial charge in [0.05, 0.1) is 21.7 Å². The van der Waals surface area contributed by atoms with E-state index in [0.29, 0.717) is 22.8 Å². The zero-order valence-electron chi connectivity index (χ0n) is 19.5. The molecule has 1 aliphatic carbocycles. The van der Waals surface area contributed by atoms with E-state index in [1.807, 2.05) is 6.92 Å². The van der Waals surface area contributed by atoms with Crippen molar-refractivity contribution in [3.63, 3.8) is 0 Å². The summed E-state index contributed by atoms with van der Waals surface area (Å²) in [7, 11) is 0. The maximum atomic E-state index is 14.8. The highest BCUT2D eigenvalue weighted by atomic mass is 35.5. The van der Waals surface area contributed by atoms with Crippen molar-refractivity contribution < 1.29 is 37.3 Å². The van der Waals surface area contributed by atoms with Crippen LogP contribution in [0.25, 0.3) is 11.1 Å². The van der Waals surface area contributed by atoms with Crippen LogP contribution in [-0.2, 0) is 4.79 Å². The number of carbonyl (C=O) groups is 2. The molecule has 2 N–H and O–H groups in total. The van der Waals surface area contributed by atoms with E-state index in [1.165, 1.54) is 36.4 Å². The van der Waals surface area contributed by atoms with E-state index in [0.717, 1.165) is 24.8 Å². The third-order valence-electron chi connectivity index (χ3n) is 6.39. The van der Waals surface area contributed by atoms with Crippen molar-refractivity contribution in [2.45, 2.75) is 32.3 Å². The molecule has 1 aliphatic rings. The number of carboxylic acids is 1. The minimum atomic E-state index is -3.23. The number of pyridine rings is 1. The second-order valence-corrected chi connectivity index (χ2v) is 9.32. The predicted octanol–water partition coefficient (Wildman–Crippen LogP) is 5.85. The summed E-state index contributed by atoms with van der Waals surface area (Å²) in [5.74, 6) is -3.37. The first kappa shape index (κ1) is 26.3. The molecular weight excluding hydrogens is 513 g/mol. The van der Waals surface area contributed by atoms with Crippen molar-refractivity contribution in [1.82, 2.24) is 0 Å². The number of aromatic nitrogens is 1. The van der Waals surface area contributed by atoms with E-state index >= 15 is 0 Å². The first-order chi connectivity index (χ1) is 17.5. The number of ether oxygens (including phenoxy) is 1. The van der Waals surface area contributed by atoms with Crippen LogP contribution in [0.5, 0.6) is 5.75 Å².